The number of anilines is 1. The van der Waals surface area contributed by atoms with E-state index in [0.717, 1.165) is 5.56 Å². The van der Waals surface area contributed by atoms with Crippen molar-refractivity contribution in [1.82, 2.24) is 5.32 Å². The van der Waals surface area contributed by atoms with E-state index in [0.29, 0.717) is 29.5 Å². The summed E-state index contributed by atoms with van der Waals surface area (Å²) in [5, 5.41) is 7.99. The highest BCUT2D eigenvalue weighted by Gasteiger charge is 2.59. The zero-order chi connectivity index (χ0) is 27.1. The predicted molar refractivity (Wildman–Crippen MR) is 154 cm³/mol. The van der Waals surface area contributed by atoms with E-state index in [9.17, 15) is 8.78 Å². The largest absolute Gasteiger partial charge is 0.433 e. The Kier molecular flexibility index (Phi) is 7.13. The van der Waals surface area contributed by atoms with Crippen molar-refractivity contribution < 1.29 is 13.5 Å². The van der Waals surface area contributed by atoms with Crippen molar-refractivity contribution in [1.29, 1.82) is 0 Å². The van der Waals surface area contributed by atoms with Gasteiger partial charge in [0.05, 0.1) is 5.69 Å². The maximum Gasteiger partial charge on any atom is 0.387 e. The van der Waals surface area contributed by atoms with Crippen LogP contribution in [-0.4, -0.2) is 24.7 Å². The molecule has 0 radical (unpaired) electrons. The number of rotatable bonds is 7. The normalized spacial score (nSPS) is 28.1. The van der Waals surface area contributed by atoms with E-state index in [1.165, 1.54) is 36.8 Å². The third-order valence-corrected chi connectivity index (χ3v) is 9.33. The van der Waals surface area contributed by atoms with E-state index in [4.69, 9.17) is 4.74 Å². The molecule has 2 saturated carbocycles. The zero-order valence-corrected chi connectivity index (χ0v) is 23.1. The molecule has 3 fully saturated rings. The topological polar surface area (TPSA) is 33.3 Å². The van der Waals surface area contributed by atoms with Crippen molar-refractivity contribution >= 4 is 5.69 Å². The van der Waals surface area contributed by atoms with Crippen molar-refractivity contribution in [2.45, 2.75) is 82.5 Å². The van der Waals surface area contributed by atoms with Gasteiger partial charge in [-0.3, -0.25) is 0 Å². The maximum atomic E-state index is 13.5. The second-order valence-corrected chi connectivity index (χ2v) is 12.8. The highest BCUT2D eigenvalue weighted by Crippen LogP contribution is 2.59. The quantitative estimate of drug-likeness (QED) is 0.325. The van der Waals surface area contributed by atoms with Crippen LogP contribution < -0.4 is 15.4 Å². The Morgan fingerprint density at radius 1 is 0.872 bits per heavy atom. The fraction of sp³-hybridized carbons (Fsp3) is 0.471. The molecule has 0 spiro atoms. The first-order valence-corrected chi connectivity index (χ1v) is 14.5. The fourth-order valence-electron chi connectivity index (χ4n) is 7.46. The van der Waals surface area contributed by atoms with E-state index in [1.807, 2.05) is 12.1 Å². The minimum Gasteiger partial charge on any atom is -0.433 e. The van der Waals surface area contributed by atoms with Crippen LogP contribution in [0.25, 0.3) is 0 Å². The van der Waals surface area contributed by atoms with Gasteiger partial charge in [-0.1, -0.05) is 93.9 Å². The van der Waals surface area contributed by atoms with Gasteiger partial charge in [-0.05, 0) is 71.3 Å². The van der Waals surface area contributed by atoms with Crippen LogP contribution in [0, 0.1) is 17.8 Å². The molecule has 0 amide bonds. The maximum absolute atomic E-state index is 13.5. The van der Waals surface area contributed by atoms with Crippen LogP contribution in [0.3, 0.4) is 0 Å². The van der Waals surface area contributed by atoms with Crippen molar-refractivity contribution in [2.24, 2.45) is 17.8 Å². The summed E-state index contributed by atoms with van der Waals surface area (Å²) in [6.45, 7) is 3.58. The van der Waals surface area contributed by atoms with E-state index >= 15 is 0 Å². The molecule has 1 aliphatic heterocycles. The SMILES string of the molecule is CC(C)(C)c1ccc(OC(F)F)c(NC2C(C(c3ccccc3)c3ccccc3)NC3CCCC4C(C3)C42)c1. The van der Waals surface area contributed by atoms with Crippen LogP contribution in [-0.2, 0) is 5.41 Å². The van der Waals surface area contributed by atoms with Gasteiger partial charge < -0.3 is 15.4 Å². The lowest BCUT2D eigenvalue weighted by Crippen LogP contribution is -2.51. The third kappa shape index (κ3) is 5.43. The number of fused-ring (bicyclic) bond motifs is 2. The van der Waals surface area contributed by atoms with Gasteiger partial charge in [-0.2, -0.15) is 8.78 Å². The van der Waals surface area contributed by atoms with E-state index in [-0.39, 0.29) is 29.2 Å². The summed E-state index contributed by atoms with van der Waals surface area (Å²) in [5.41, 5.74) is 4.19. The zero-order valence-electron chi connectivity index (χ0n) is 23.1. The molecular formula is C34H40F2N2O. The smallest absolute Gasteiger partial charge is 0.387 e. The first-order chi connectivity index (χ1) is 18.8. The lowest BCUT2D eigenvalue weighted by Gasteiger charge is -2.38. The van der Waals surface area contributed by atoms with E-state index in [1.54, 1.807) is 6.07 Å². The summed E-state index contributed by atoms with van der Waals surface area (Å²) in [4.78, 5) is 0. The second-order valence-electron chi connectivity index (χ2n) is 12.8. The summed E-state index contributed by atoms with van der Waals surface area (Å²) >= 11 is 0. The standard InChI is InChI=1S/C34H40F2N2O/c1-34(2,3)23-17-18-28(39-33(35)36)27(19-23)38-32-30-25-16-10-15-24(20-26(25)30)37-31(32)29(21-11-6-4-7-12-21)22-13-8-5-9-14-22/h4-9,11-14,17-19,24-26,29-33,37-38H,10,15-16,20H2,1-3H3. The van der Waals surface area contributed by atoms with Crippen LogP contribution in [0.4, 0.5) is 14.5 Å². The van der Waals surface area contributed by atoms with Gasteiger partial charge in [0.2, 0.25) is 0 Å². The Labute approximate surface area is 231 Å². The highest BCUT2D eigenvalue weighted by molar-refractivity contribution is 5.60. The van der Waals surface area contributed by atoms with Crippen LogP contribution >= 0.6 is 0 Å². The molecular weight excluding hydrogens is 490 g/mol. The van der Waals surface area contributed by atoms with Crippen molar-refractivity contribution in [3.63, 3.8) is 0 Å². The number of nitrogens with one attached hydrogen (secondary N) is 2. The molecule has 3 aromatic carbocycles. The van der Waals surface area contributed by atoms with E-state index in [2.05, 4.69) is 92.1 Å². The summed E-state index contributed by atoms with van der Waals surface area (Å²) in [7, 11) is 0. The number of hydrogen-bond donors (Lipinski definition) is 2. The Morgan fingerprint density at radius 2 is 1.54 bits per heavy atom. The lowest BCUT2D eigenvalue weighted by atomic mass is 9.79. The predicted octanol–water partition coefficient (Wildman–Crippen LogP) is 7.97. The molecule has 0 aromatic heterocycles. The summed E-state index contributed by atoms with van der Waals surface area (Å²) in [6.07, 6.45) is 4.89. The number of halogens is 2. The molecule has 1 saturated heterocycles. The van der Waals surface area contributed by atoms with Crippen molar-refractivity contribution in [2.75, 3.05) is 5.32 Å². The Bertz CT molecular complexity index is 1220. The Hall–Kier alpha value is -2.92. The van der Waals surface area contributed by atoms with Crippen LogP contribution in [0.1, 0.15) is 69.1 Å². The third-order valence-electron chi connectivity index (χ3n) is 9.33. The molecule has 1 heterocycles. The van der Waals surface area contributed by atoms with Crippen LogP contribution in [0.5, 0.6) is 5.75 Å². The Balaban J connectivity index is 1.46. The van der Waals surface area contributed by atoms with Gasteiger partial charge in [-0.15, -0.1) is 0 Å². The molecule has 2 bridgehead atoms. The van der Waals surface area contributed by atoms with Gasteiger partial charge in [0.1, 0.15) is 5.75 Å². The lowest BCUT2D eigenvalue weighted by molar-refractivity contribution is -0.0494. The van der Waals surface area contributed by atoms with Crippen molar-refractivity contribution in [3.05, 3.63) is 95.6 Å². The Morgan fingerprint density at radius 3 is 2.15 bits per heavy atom. The molecule has 206 valence electrons. The van der Waals surface area contributed by atoms with Gasteiger partial charge in [0, 0.05) is 24.0 Å². The molecule has 6 unspecified atom stereocenters. The van der Waals surface area contributed by atoms with Gasteiger partial charge in [-0.25, -0.2) is 0 Å². The molecule has 6 rings (SSSR count). The van der Waals surface area contributed by atoms with E-state index < -0.39 is 6.61 Å². The highest BCUT2D eigenvalue weighted by atomic mass is 19.3. The summed E-state index contributed by atoms with van der Waals surface area (Å²) in [5.74, 6) is 2.20. The molecule has 6 atom stereocenters. The van der Waals surface area contributed by atoms with Gasteiger partial charge >= 0.3 is 6.61 Å². The molecule has 39 heavy (non-hydrogen) atoms. The van der Waals surface area contributed by atoms with Crippen LogP contribution in [0.15, 0.2) is 78.9 Å². The molecule has 2 aliphatic carbocycles. The number of hydrogen-bond acceptors (Lipinski definition) is 3. The number of alkyl halides is 2. The minimum atomic E-state index is -2.87. The summed E-state index contributed by atoms with van der Waals surface area (Å²) < 4.78 is 32.1. The van der Waals surface area contributed by atoms with Crippen LogP contribution in [0.2, 0.25) is 0 Å². The van der Waals surface area contributed by atoms with Gasteiger partial charge in [0.25, 0.3) is 0 Å². The average Bonchev–Trinajstić information content (AvgIpc) is 3.63. The minimum absolute atomic E-state index is 0.0729. The molecule has 3 nitrogen and oxygen atoms in total. The number of ether oxygens (including phenoxy) is 1. The molecule has 3 aliphatic rings. The monoisotopic (exact) mass is 530 g/mol. The molecule has 2 N–H and O–H groups in total. The van der Waals surface area contributed by atoms with Crippen molar-refractivity contribution in [3.8, 4) is 5.75 Å². The number of benzene rings is 3. The summed E-state index contributed by atoms with van der Waals surface area (Å²) in [6, 6.07) is 27.8. The second kappa shape index (κ2) is 10.6. The first kappa shape index (κ1) is 26.3. The molecule has 3 aromatic rings. The van der Waals surface area contributed by atoms with Gasteiger partial charge in [0.15, 0.2) is 0 Å². The fourth-order valence-corrected chi connectivity index (χ4v) is 7.46. The first-order valence-electron chi connectivity index (χ1n) is 14.5. The molecule has 5 heteroatoms. The average molecular weight is 531 g/mol.